The number of rotatable bonds is 3. The average Bonchev–Trinajstić information content (AvgIpc) is 2.52. The highest BCUT2D eigenvalue weighted by atomic mass is 79.9. The molecule has 0 unspecified atom stereocenters. The second kappa shape index (κ2) is 4.56. The predicted octanol–water partition coefficient (Wildman–Crippen LogP) is 0.721. The minimum absolute atomic E-state index is 0.00759. The number of guanidine groups is 1. The summed E-state index contributed by atoms with van der Waals surface area (Å²) in [7, 11) is 0. The van der Waals surface area contributed by atoms with Gasteiger partial charge in [-0.15, -0.1) is 0 Å². The van der Waals surface area contributed by atoms with Crippen LogP contribution in [-0.2, 0) is 4.79 Å². The first-order valence-corrected chi connectivity index (χ1v) is 6.25. The van der Waals surface area contributed by atoms with Crippen molar-refractivity contribution >= 4 is 38.4 Å². The molecule has 92 valence electrons. The number of amidine groups is 2. The fourth-order valence-electron chi connectivity index (χ4n) is 1.67. The van der Waals surface area contributed by atoms with E-state index in [1.54, 1.807) is 0 Å². The largest absolute Gasteiger partial charge is 0.368 e. The maximum atomic E-state index is 11.6. The molecule has 0 aliphatic carbocycles. The zero-order chi connectivity index (χ0) is 12.6. The molecule has 0 aromatic carbocycles. The number of halogens is 1. The lowest BCUT2D eigenvalue weighted by molar-refractivity contribution is -0.117. The lowest BCUT2D eigenvalue weighted by Gasteiger charge is -2.21. The summed E-state index contributed by atoms with van der Waals surface area (Å²) in [5.41, 5.74) is 5.49. The van der Waals surface area contributed by atoms with E-state index in [1.165, 1.54) is 0 Å². The third-order valence-corrected chi connectivity index (χ3v) is 3.23. The van der Waals surface area contributed by atoms with Gasteiger partial charge in [0.1, 0.15) is 5.84 Å². The second-order valence-corrected chi connectivity index (χ2v) is 5.12. The van der Waals surface area contributed by atoms with Gasteiger partial charge in [-0.1, -0.05) is 13.8 Å². The molecule has 0 aromatic rings. The lowest BCUT2D eigenvalue weighted by Crippen LogP contribution is -2.41. The first kappa shape index (κ1) is 12.2. The Morgan fingerprint density at radius 1 is 1.47 bits per heavy atom. The Balaban J connectivity index is 2.20. The van der Waals surface area contributed by atoms with E-state index in [9.17, 15) is 4.79 Å². The SMILES string of the molecule is CC(C)CCN1C(Br)=N[C@@H]2C(=O)N=C(N)N=C21. The van der Waals surface area contributed by atoms with Crippen LogP contribution in [0.5, 0.6) is 0 Å². The van der Waals surface area contributed by atoms with Crippen molar-refractivity contribution in [2.45, 2.75) is 26.3 Å². The molecule has 0 radical (unpaired) electrons. The van der Waals surface area contributed by atoms with Crippen LogP contribution in [-0.4, -0.2) is 39.9 Å². The van der Waals surface area contributed by atoms with E-state index in [1.807, 2.05) is 4.90 Å². The summed E-state index contributed by atoms with van der Waals surface area (Å²) in [5.74, 6) is 0.806. The van der Waals surface area contributed by atoms with Crippen molar-refractivity contribution in [3.8, 4) is 0 Å². The normalized spacial score (nSPS) is 23.5. The summed E-state index contributed by atoms with van der Waals surface area (Å²) in [6.07, 6.45) is 0.988. The van der Waals surface area contributed by atoms with E-state index < -0.39 is 6.04 Å². The molecule has 0 bridgehead atoms. The van der Waals surface area contributed by atoms with Crippen LogP contribution in [0.2, 0.25) is 0 Å². The molecule has 2 aliphatic rings. The number of aliphatic imine (C=N–C) groups is 3. The van der Waals surface area contributed by atoms with Crippen LogP contribution in [0.25, 0.3) is 0 Å². The van der Waals surface area contributed by atoms with E-state index in [0.29, 0.717) is 16.5 Å². The Morgan fingerprint density at radius 2 is 2.18 bits per heavy atom. The van der Waals surface area contributed by atoms with Gasteiger partial charge in [0.15, 0.2) is 10.8 Å². The molecule has 2 N–H and O–H groups in total. The molecule has 2 aliphatic heterocycles. The molecule has 0 fully saturated rings. The van der Waals surface area contributed by atoms with Crippen LogP contribution >= 0.6 is 15.9 Å². The van der Waals surface area contributed by atoms with Crippen LogP contribution in [0.3, 0.4) is 0 Å². The number of nitrogens with zero attached hydrogens (tertiary/aromatic N) is 4. The predicted molar refractivity (Wildman–Crippen MR) is 70.4 cm³/mol. The van der Waals surface area contributed by atoms with Gasteiger partial charge >= 0.3 is 0 Å². The lowest BCUT2D eigenvalue weighted by atomic mass is 10.1. The van der Waals surface area contributed by atoms with Crippen LogP contribution in [0, 0.1) is 5.92 Å². The van der Waals surface area contributed by atoms with Gasteiger partial charge in [0, 0.05) is 6.54 Å². The van der Waals surface area contributed by atoms with Crippen molar-refractivity contribution in [2.75, 3.05) is 6.54 Å². The summed E-state index contributed by atoms with van der Waals surface area (Å²) in [6.45, 7) is 5.04. The van der Waals surface area contributed by atoms with Crippen molar-refractivity contribution in [1.29, 1.82) is 0 Å². The zero-order valence-corrected chi connectivity index (χ0v) is 11.3. The molecule has 0 spiro atoms. The Morgan fingerprint density at radius 3 is 2.82 bits per heavy atom. The Labute approximate surface area is 108 Å². The fourth-order valence-corrected chi connectivity index (χ4v) is 2.24. The van der Waals surface area contributed by atoms with Crippen molar-refractivity contribution < 1.29 is 4.79 Å². The number of carbonyl (C=O) groups excluding carboxylic acids is 1. The van der Waals surface area contributed by atoms with Crippen LogP contribution in [0.15, 0.2) is 15.0 Å². The third-order valence-electron chi connectivity index (χ3n) is 2.60. The zero-order valence-electron chi connectivity index (χ0n) is 9.72. The van der Waals surface area contributed by atoms with Gasteiger partial charge in [-0.2, -0.15) is 9.98 Å². The first-order valence-electron chi connectivity index (χ1n) is 5.46. The van der Waals surface area contributed by atoms with E-state index in [4.69, 9.17) is 5.73 Å². The molecule has 17 heavy (non-hydrogen) atoms. The summed E-state index contributed by atoms with van der Waals surface area (Å²) < 4.78 is 0.625. The quantitative estimate of drug-likeness (QED) is 0.780. The van der Waals surface area contributed by atoms with Crippen molar-refractivity contribution in [3.05, 3.63) is 0 Å². The molecule has 1 atom stereocenters. The highest BCUT2D eigenvalue weighted by Crippen LogP contribution is 2.21. The standard InChI is InChI=1S/C10H14BrN5O/c1-5(2)3-4-16-7-6(13-9(16)11)8(17)15-10(12)14-7/h5-6H,3-4H2,1-2H3,(H2,12,15,17)/t6-/m0/s1. The third kappa shape index (κ3) is 2.38. The minimum atomic E-state index is -0.621. The Hall–Kier alpha value is -1.24. The number of fused-ring (bicyclic) bond motifs is 1. The summed E-state index contributed by atoms with van der Waals surface area (Å²) in [4.78, 5) is 25.4. The van der Waals surface area contributed by atoms with Gasteiger partial charge in [0.2, 0.25) is 5.96 Å². The molecule has 7 heteroatoms. The van der Waals surface area contributed by atoms with E-state index >= 15 is 0 Å². The van der Waals surface area contributed by atoms with E-state index in [0.717, 1.165) is 13.0 Å². The molecule has 2 heterocycles. The molecule has 0 saturated carbocycles. The summed E-state index contributed by atoms with van der Waals surface area (Å²) in [5, 5.41) is 0. The minimum Gasteiger partial charge on any atom is -0.368 e. The Kier molecular flexibility index (Phi) is 3.28. The first-order chi connectivity index (χ1) is 7.99. The maximum Gasteiger partial charge on any atom is 0.281 e. The number of hydrogen-bond acceptors (Lipinski definition) is 5. The highest BCUT2D eigenvalue weighted by Gasteiger charge is 2.38. The van der Waals surface area contributed by atoms with E-state index in [-0.39, 0.29) is 11.9 Å². The van der Waals surface area contributed by atoms with Crippen molar-refractivity contribution in [1.82, 2.24) is 4.90 Å². The van der Waals surface area contributed by atoms with E-state index in [2.05, 4.69) is 44.8 Å². The molecular weight excluding hydrogens is 286 g/mol. The Bertz CT molecular complexity index is 440. The smallest absolute Gasteiger partial charge is 0.281 e. The number of nitrogens with two attached hydrogens (primary N) is 1. The van der Waals surface area contributed by atoms with Crippen molar-refractivity contribution in [2.24, 2.45) is 26.6 Å². The van der Waals surface area contributed by atoms with Crippen LogP contribution in [0.1, 0.15) is 20.3 Å². The number of amides is 1. The molecule has 1 amide bonds. The second-order valence-electron chi connectivity index (χ2n) is 4.41. The van der Waals surface area contributed by atoms with Gasteiger partial charge in [0.05, 0.1) is 0 Å². The molecular formula is C10H14BrN5O. The van der Waals surface area contributed by atoms with Gasteiger partial charge in [-0.05, 0) is 28.3 Å². The van der Waals surface area contributed by atoms with Crippen LogP contribution < -0.4 is 5.73 Å². The summed E-state index contributed by atoms with van der Waals surface area (Å²) in [6, 6.07) is -0.621. The van der Waals surface area contributed by atoms with Gasteiger partial charge in [-0.3, -0.25) is 4.79 Å². The van der Waals surface area contributed by atoms with Gasteiger partial charge < -0.3 is 10.6 Å². The molecule has 0 saturated heterocycles. The maximum absolute atomic E-state index is 11.6. The topological polar surface area (TPSA) is 83.4 Å². The van der Waals surface area contributed by atoms with Gasteiger partial charge in [0.25, 0.3) is 5.91 Å². The van der Waals surface area contributed by atoms with Crippen LogP contribution in [0.4, 0.5) is 0 Å². The highest BCUT2D eigenvalue weighted by molar-refractivity contribution is 9.18. The summed E-state index contributed by atoms with van der Waals surface area (Å²) >= 11 is 3.34. The number of hydrogen-bond donors (Lipinski definition) is 1. The van der Waals surface area contributed by atoms with Crippen molar-refractivity contribution in [3.63, 3.8) is 0 Å². The fraction of sp³-hybridized carbons (Fsp3) is 0.600. The monoisotopic (exact) mass is 299 g/mol. The molecule has 6 nitrogen and oxygen atoms in total. The molecule has 0 aromatic heterocycles. The number of carbonyl (C=O) groups is 1. The molecule has 2 rings (SSSR count). The van der Waals surface area contributed by atoms with Gasteiger partial charge in [-0.25, -0.2) is 4.99 Å². The average molecular weight is 300 g/mol.